The minimum atomic E-state index is -0.328. The number of methoxy groups -OCH3 is 1. The molecular weight excluding hydrogens is 459 g/mol. The molecule has 1 aliphatic rings. The highest BCUT2D eigenvalue weighted by Gasteiger charge is 2.23. The lowest BCUT2D eigenvalue weighted by atomic mass is 9.95. The van der Waals surface area contributed by atoms with Gasteiger partial charge in [0, 0.05) is 33.1 Å². The van der Waals surface area contributed by atoms with E-state index >= 15 is 0 Å². The summed E-state index contributed by atoms with van der Waals surface area (Å²) in [4.78, 5) is 29.2. The number of aliphatic imine (C=N–C) groups is 1. The number of carbonyl (C=O) groups excluding carboxylic acids is 2. The predicted molar refractivity (Wildman–Crippen MR) is 116 cm³/mol. The highest BCUT2D eigenvalue weighted by Crippen LogP contribution is 2.19. The maximum Gasteiger partial charge on any atom is 0.337 e. The smallest absolute Gasteiger partial charge is 0.337 e. The van der Waals surface area contributed by atoms with E-state index in [0.29, 0.717) is 17.9 Å². The summed E-state index contributed by atoms with van der Waals surface area (Å²) >= 11 is 0. The molecule has 1 unspecified atom stereocenters. The number of halogens is 1. The van der Waals surface area contributed by atoms with Crippen molar-refractivity contribution >= 4 is 41.8 Å². The van der Waals surface area contributed by atoms with Gasteiger partial charge in [-0.2, -0.15) is 0 Å². The molecule has 0 saturated carbocycles. The van der Waals surface area contributed by atoms with Crippen LogP contribution < -0.4 is 11.1 Å². The number of piperidine rings is 1. The highest BCUT2D eigenvalue weighted by molar-refractivity contribution is 14.0. The second-order valence-electron chi connectivity index (χ2n) is 6.54. The highest BCUT2D eigenvalue weighted by atomic mass is 127. The third-order valence-corrected chi connectivity index (χ3v) is 4.59. The molecule has 27 heavy (non-hydrogen) atoms. The Morgan fingerprint density at radius 2 is 2.04 bits per heavy atom. The number of benzene rings is 1. The van der Waals surface area contributed by atoms with Crippen LogP contribution in [0.15, 0.2) is 29.3 Å². The van der Waals surface area contributed by atoms with E-state index < -0.39 is 0 Å². The molecule has 150 valence electrons. The summed E-state index contributed by atoms with van der Waals surface area (Å²) < 4.78 is 4.70. The summed E-state index contributed by atoms with van der Waals surface area (Å²) in [6.07, 6.45) is 3.32. The van der Waals surface area contributed by atoms with Crippen molar-refractivity contribution in [1.82, 2.24) is 10.2 Å². The molecule has 1 saturated heterocycles. The van der Waals surface area contributed by atoms with Crippen molar-refractivity contribution in [1.29, 1.82) is 0 Å². The van der Waals surface area contributed by atoms with Gasteiger partial charge < -0.3 is 20.7 Å². The number of rotatable bonds is 6. The van der Waals surface area contributed by atoms with Gasteiger partial charge in [0.25, 0.3) is 0 Å². The van der Waals surface area contributed by atoms with E-state index in [0.717, 1.165) is 50.4 Å². The number of hydrogen-bond acceptors (Lipinski definition) is 4. The zero-order valence-corrected chi connectivity index (χ0v) is 18.3. The van der Waals surface area contributed by atoms with Crippen LogP contribution in [0.5, 0.6) is 0 Å². The lowest BCUT2D eigenvalue weighted by Crippen LogP contribution is -2.47. The molecule has 0 aromatic heterocycles. The summed E-state index contributed by atoms with van der Waals surface area (Å²) in [6.45, 7) is 2.47. The monoisotopic (exact) mass is 488 g/mol. The van der Waals surface area contributed by atoms with Crippen LogP contribution in [-0.2, 0) is 16.0 Å². The number of primary amides is 1. The lowest BCUT2D eigenvalue weighted by molar-refractivity contribution is -0.119. The Morgan fingerprint density at radius 3 is 2.63 bits per heavy atom. The average Bonchev–Trinajstić information content (AvgIpc) is 2.65. The maximum absolute atomic E-state index is 11.5. The molecule has 1 amide bonds. The van der Waals surface area contributed by atoms with E-state index in [9.17, 15) is 9.59 Å². The van der Waals surface area contributed by atoms with Crippen LogP contribution in [0.3, 0.4) is 0 Å². The third-order valence-electron chi connectivity index (χ3n) is 4.59. The Kier molecular flexibility index (Phi) is 10.1. The summed E-state index contributed by atoms with van der Waals surface area (Å²) in [5.41, 5.74) is 7.01. The van der Waals surface area contributed by atoms with Crippen molar-refractivity contribution in [2.75, 3.05) is 33.8 Å². The zero-order valence-electron chi connectivity index (χ0n) is 15.9. The van der Waals surface area contributed by atoms with E-state index in [-0.39, 0.29) is 35.9 Å². The molecule has 0 radical (unpaired) electrons. The van der Waals surface area contributed by atoms with Crippen molar-refractivity contribution < 1.29 is 14.3 Å². The van der Waals surface area contributed by atoms with Crippen LogP contribution >= 0.6 is 24.0 Å². The second kappa shape index (κ2) is 11.8. The molecule has 1 aliphatic heterocycles. The van der Waals surface area contributed by atoms with E-state index in [4.69, 9.17) is 10.5 Å². The first-order valence-electron chi connectivity index (χ1n) is 8.94. The predicted octanol–water partition coefficient (Wildman–Crippen LogP) is 1.80. The van der Waals surface area contributed by atoms with Crippen LogP contribution in [-0.4, -0.2) is 56.5 Å². The van der Waals surface area contributed by atoms with Crippen molar-refractivity contribution in [3.8, 4) is 0 Å². The van der Waals surface area contributed by atoms with Gasteiger partial charge in [-0.25, -0.2) is 4.79 Å². The number of carbonyl (C=O) groups is 2. The number of nitrogens with zero attached hydrogens (tertiary/aromatic N) is 2. The first-order chi connectivity index (χ1) is 12.5. The van der Waals surface area contributed by atoms with Crippen LogP contribution in [0.1, 0.15) is 35.2 Å². The molecule has 1 heterocycles. The number of hydrogen-bond donors (Lipinski definition) is 2. The summed E-state index contributed by atoms with van der Waals surface area (Å²) in [7, 11) is 3.14. The Morgan fingerprint density at radius 1 is 1.33 bits per heavy atom. The van der Waals surface area contributed by atoms with Gasteiger partial charge in [0.15, 0.2) is 5.96 Å². The van der Waals surface area contributed by atoms with Crippen LogP contribution in [0, 0.1) is 5.92 Å². The fourth-order valence-electron chi connectivity index (χ4n) is 3.28. The molecular formula is C19H29IN4O3. The van der Waals surface area contributed by atoms with E-state index in [1.54, 1.807) is 19.2 Å². The fraction of sp³-hybridized carbons (Fsp3) is 0.526. The van der Waals surface area contributed by atoms with Gasteiger partial charge in [-0.15, -0.1) is 24.0 Å². The fourth-order valence-corrected chi connectivity index (χ4v) is 3.28. The molecule has 0 bridgehead atoms. The number of nitrogens with two attached hydrogens (primary N) is 1. The number of esters is 1. The summed E-state index contributed by atoms with van der Waals surface area (Å²) in [5.74, 6) is 0.580. The Balaban J connectivity index is 0.00000364. The molecule has 3 N–H and O–H groups in total. The number of likely N-dealkylation sites (tertiary alicyclic amines) is 1. The second-order valence-corrected chi connectivity index (χ2v) is 6.54. The van der Waals surface area contributed by atoms with Crippen LogP contribution in [0.25, 0.3) is 0 Å². The van der Waals surface area contributed by atoms with Crippen LogP contribution in [0.2, 0.25) is 0 Å². The summed E-state index contributed by atoms with van der Waals surface area (Å²) in [5, 5.41) is 3.38. The standard InChI is InChI=1S/C19H28N4O3.HI/c1-21-19(23-11-3-4-15(13-23)12-17(20)24)22-10-9-14-5-7-16(8-6-14)18(25)26-2;/h5-8,15H,3-4,9-13H2,1-2H3,(H2,20,24)(H,21,22);1H. The molecule has 1 aromatic carbocycles. The molecule has 0 aliphatic carbocycles. The van der Waals surface area contributed by atoms with Crippen molar-refractivity contribution in [2.24, 2.45) is 16.6 Å². The third kappa shape index (κ3) is 7.36. The zero-order chi connectivity index (χ0) is 18.9. The largest absolute Gasteiger partial charge is 0.465 e. The van der Waals surface area contributed by atoms with Gasteiger partial charge >= 0.3 is 5.97 Å². The maximum atomic E-state index is 11.5. The lowest BCUT2D eigenvalue weighted by Gasteiger charge is -2.34. The Bertz CT molecular complexity index is 649. The minimum absolute atomic E-state index is 0. The van der Waals surface area contributed by atoms with Crippen LogP contribution in [0.4, 0.5) is 0 Å². The Labute approximate surface area is 177 Å². The first kappa shape index (κ1) is 23.2. The quantitative estimate of drug-likeness (QED) is 0.276. The number of amides is 1. The van der Waals surface area contributed by atoms with Gasteiger partial charge in [0.05, 0.1) is 12.7 Å². The van der Waals surface area contributed by atoms with Gasteiger partial charge in [-0.1, -0.05) is 12.1 Å². The molecule has 7 nitrogen and oxygen atoms in total. The average molecular weight is 488 g/mol. The van der Waals surface area contributed by atoms with Gasteiger partial charge in [0.2, 0.25) is 5.91 Å². The molecule has 1 aromatic rings. The van der Waals surface area contributed by atoms with Gasteiger partial charge in [0.1, 0.15) is 0 Å². The summed E-state index contributed by atoms with van der Waals surface area (Å²) in [6, 6.07) is 7.41. The topological polar surface area (TPSA) is 97.0 Å². The molecule has 1 fully saturated rings. The number of nitrogens with one attached hydrogen (secondary N) is 1. The minimum Gasteiger partial charge on any atom is -0.465 e. The van der Waals surface area contributed by atoms with Crippen molar-refractivity contribution in [3.05, 3.63) is 35.4 Å². The van der Waals surface area contributed by atoms with E-state index in [2.05, 4.69) is 15.2 Å². The number of ether oxygens (including phenoxy) is 1. The van der Waals surface area contributed by atoms with E-state index in [1.807, 2.05) is 12.1 Å². The normalized spacial score (nSPS) is 17.0. The first-order valence-corrected chi connectivity index (χ1v) is 8.94. The van der Waals surface area contributed by atoms with Gasteiger partial charge in [-0.05, 0) is 42.9 Å². The molecule has 1 atom stereocenters. The molecule has 8 heteroatoms. The van der Waals surface area contributed by atoms with Crippen molar-refractivity contribution in [2.45, 2.75) is 25.7 Å². The molecule has 0 spiro atoms. The Hall–Kier alpha value is -1.84. The molecule has 2 rings (SSSR count). The van der Waals surface area contributed by atoms with Crippen molar-refractivity contribution in [3.63, 3.8) is 0 Å². The van der Waals surface area contributed by atoms with E-state index in [1.165, 1.54) is 7.11 Å². The number of guanidine groups is 1. The SMILES string of the molecule is CN=C(NCCc1ccc(C(=O)OC)cc1)N1CCCC(CC(N)=O)C1.I. The van der Waals surface area contributed by atoms with Gasteiger partial charge in [-0.3, -0.25) is 9.79 Å².